The van der Waals surface area contributed by atoms with Gasteiger partial charge in [0.05, 0.1) is 44.1 Å². The molecule has 214 valence electrons. The van der Waals surface area contributed by atoms with Crippen molar-refractivity contribution in [3.05, 3.63) is 158 Å². The number of rotatable bonds is 0. The highest BCUT2D eigenvalue weighted by Gasteiger charge is 2.18. The van der Waals surface area contributed by atoms with Crippen LogP contribution in [0.1, 0.15) is 0 Å². The molecule has 0 N–H and O–H groups in total. The fourth-order valence-electron chi connectivity index (χ4n) is 8.06. The normalized spacial score (nSPS) is 12.3. The van der Waals surface area contributed by atoms with E-state index < -0.39 is 0 Å². The van der Waals surface area contributed by atoms with Crippen LogP contribution in [0.4, 0.5) is 0 Å². The molecule has 4 aromatic heterocycles. The van der Waals surface area contributed by atoms with Crippen molar-refractivity contribution >= 4 is 87.2 Å². The van der Waals surface area contributed by atoms with Crippen LogP contribution in [0.15, 0.2) is 158 Å². The Balaban J connectivity index is 1.53. The van der Waals surface area contributed by atoms with E-state index in [2.05, 4.69) is 176 Å². The minimum absolute atomic E-state index is 1.16. The zero-order valence-corrected chi connectivity index (χ0v) is 24.8. The summed E-state index contributed by atoms with van der Waals surface area (Å²) in [6, 6.07) is 57.7. The SMILES string of the molecule is c1ccc2c(c1)c1ccccc1n1c3cc4c(cc3c3ccccc3n21)c1ccccc1n1c2ccccc2c2ccccc2n41. The molecule has 0 aliphatic heterocycles. The molecule has 0 atom stereocenters. The molecular formula is C42H26N4. The van der Waals surface area contributed by atoms with Crippen LogP contribution in [0.5, 0.6) is 0 Å². The third-order valence-electron chi connectivity index (χ3n) is 9.92. The largest absolute Gasteiger partial charge is 0.248 e. The molecule has 0 aliphatic carbocycles. The maximum atomic E-state index is 2.43. The number of para-hydroxylation sites is 6. The quantitative estimate of drug-likeness (QED) is 0.124. The van der Waals surface area contributed by atoms with E-state index in [4.69, 9.17) is 0 Å². The molecular weight excluding hydrogens is 560 g/mol. The molecule has 4 heteroatoms. The van der Waals surface area contributed by atoms with Crippen molar-refractivity contribution in [3.63, 3.8) is 0 Å². The monoisotopic (exact) mass is 586 g/mol. The summed E-state index contributed by atoms with van der Waals surface area (Å²) in [6.45, 7) is 0. The van der Waals surface area contributed by atoms with Gasteiger partial charge in [0.25, 0.3) is 0 Å². The zero-order valence-electron chi connectivity index (χ0n) is 24.8. The number of benzene rings is 7. The van der Waals surface area contributed by atoms with E-state index >= 15 is 0 Å². The first-order valence-electron chi connectivity index (χ1n) is 15.8. The van der Waals surface area contributed by atoms with Gasteiger partial charge in [-0.3, -0.25) is 0 Å². The topological polar surface area (TPSA) is 17.6 Å². The van der Waals surface area contributed by atoms with Crippen LogP contribution in [0.25, 0.3) is 87.2 Å². The van der Waals surface area contributed by atoms with Crippen molar-refractivity contribution < 1.29 is 0 Å². The van der Waals surface area contributed by atoms with Gasteiger partial charge in [0.1, 0.15) is 0 Å². The predicted molar refractivity (Wildman–Crippen MR) is 193 cm³/mol. The smallest absolute Gasteiger partial charge is 0.0738 e. The van der Waals surface area contributed by atoms with Crippen LogP contribution in [-0.2, 0) is 0 Å². The van der Waals surface area contributed by atoms with E-state index in [-0.39, 0.29) is 0 Å². The number of hydrogen-bond donors (Lipinski definition) is 0. The van der Waals surface area contributed by atoms with Gasteiger partial charge in [-0.25, -0.2) is 18.1 Å². The van der Waals surface area contributed by atoms with Gasteiger partial charge in [-0.2, -0.15) is 0 Å². The molecule has 0 amide bonds. The van der Waals surface area contributed by atoms with E-state index in [9.17, 15) is 0 Å². The van der Waals surface area contributed by atoms with Gasteiger partial charge in [0.2, 0.25) is 0 Å². The molecule has 4 heterocycles. The minimum atomic E-state index is 1.16. The lowest BCUT2D eigenvalue weighted by molar-refractivity contribution is 0.904. The molecule has 4 nitrogen and oxygen atoms in total. The fourth-order valence-corrected chi connectivity index (χ4v) is 8.06. The second-order valence-electron chi connectivity index (χ2n) is 12.2. The van der Waals surface area contributed by atoms with E-state index in [1.54, 1.807) is 0 Å². The summed E-state index contributed by atoms with van der Waals surface area (Å²) in [5, 5.41) is 9.88. The Bertz CT molecular complexity index is 2940. The zero-order chi connectivity index (χ0) is 29.9. The second-order valence-corrected chi connectivity index (χ2v) is 12.2. The summed E-state index contributed by atoms with van der Waals surface area (Å²) < 4.78 is 9.69. The maximum absolute atomic E-state index is 2.43. The van der Waals surface area contributed by atoms with Gasteiger partial charge in [-0.05, 0) is 48.5 Å². The highest BCUT2D eigenvalue weighted by Crippen LogP contribution is 2.38. The van der Waals surface area contributed by atoms with Crippen LogP contribution in [-0.4, -0.2) is 18.1 Å². The minimum Gasteiger partial charge on any atom is -0.248 e. The van der Waals surface area contributed by atoms with Crippen molar-refractivity contribution in [2.45, 2.75) is 0 Å². The van der Waals surface area contributed by atoms with Gasteiger partial charge >= 0.3 is 0 Å². The average Bonchev–Trinajstić information content (AvgIpc) is 3.14. The first kappa shape index (κ1) is 24.1. The van der Waals surface area contributed by atoms with E-state index in [1.807, 2.05) is 0 Å². The number of fused-ring (bicyclic) bond motifs is 22. The second kappa shape index (κ2) is 8.68. The van der Waals surface area contributed by atoms with Crippen molar-refractivity contribution in [2.24, 2.45) is 0 Å². The molecule has 46 heavy (non-hydrogen) atoms. The summed E-state index contributed by atoms with van der Waals surface area (Å²) in [5.41, 5.74) is 9.40. The van der Waals surface area contributed by atoms with E-state index in [0.717, 1.165) is 11.0 Å². The highest BCUT2D eigenvalue weighted by molar-refractivity contribution is 6.18. The van der Waals surface area contributed by atoms with Crippen molar-refractivity contribution in [3.8, 4) is 0 Å². The molecule has 0 saturated carbocycles. The Morgan fingerprint density at radius 3 is 0.696 bits per heavy atom. The number of aromatic nitrogens is 4. The van der Waals surface area contributed by atoms with Crippen LogP contribution < -0.4 is 0 Å². The maximum Gasteiger partial charge on any atom is 0.0738 e. The van der Waals surface area contributed by atoms with Crippen LogP contribution >= 0.6 is 0 Å². The van der Waals surface area contributed by atoms with Crippen molar-refractivity contribution in [2.75, 3.05) is 0 Å². The lowest BCUT2D eigenvalue weighted by Crippen LogP contribution is -2.10. The Labute approximate surface area is 262 Å². The van der Waals surface area contributed by atoms with E-state index in [0.29, 0.717) is 0 Å². The lowest BCUT2D eigenvalue weighted by atomic mass is 10.0. The summed E-state index contributed by atoms with van der Waals surface area (Å²) in [6.07, 6.45) is 0. The van der Waals surface area contributed by atoms with E-state index in [1.165, 1.54) is 76.2 Å². The highest BCUT2D eigenvalue weighted by atomic mass is 15.3. The Kier molecular flexibility index (Phi) is 4.55. The van der Waals surface area contributed by atoms with Crippen LogP contribution in [0, 0.1) is 0 Å². The molecule has 0 spiro atoms. The fraction of sp³-hybridized carbons (Fsp3) is 0. The summed E-state index contributed by atoms with van der Waals surface area (Å²) in [5.74, 6) is 0. The van der Waals surface area contributed by atoms with Gasteiger partial charge < -0.3 is 0 Å². The third-order valence-corrected chi connectivity index (χ3v) is 9.92. The first-order chi connectivity index (χ1) is 22.9. The summed E-state index contributed by atoms with van der Waals surface area (Å²) in [4.78, 5) is 0. The van der Waals surface area contributed by atoms with Gasteiger partial charge in [-0.1, -0.05) is 109 Å². The number of hydrogen-bond acceptors (Lipinski definition) is 0. The Morgan fingerprint density at radius 2 is 0.413 bits per heavy atom. The van der Waals surface area contributed by atoms with Crippen LogP contribution in [0.2, 0.25) is 0 Å². The molecule has 11 aromatic rings. The molecule has 0 aliphatic rings. The first-order valence-corrected chi connectivity index (χ1v) is 15.8. The van der Waals surface area contributed by atoms with Crippen molar-refractivity contribution in [1.82, 2.24) is 18.1 Å². The molecule has 7 aromatic carbocycles. The molecule has 11 rings (SSSR count). The van der Waals surface area contributed by atoms with Gasteiger partial charge in [0.15, 0.2) is 0 Å². The van der Waals surface area contributed by atoms with Gasteiger partial charge in [0, 0.05) is 43.1 Å². The Morgan fingerprint density at radius 1 is 0.196 bits per heavy atom. The Hall–Kier alpha value is -6.26. The lowest BCUT2D eigenvalue weighted by Gasteiger charge is -2.22. The predicted octanol–water partition coefficient (Wildman–Crippen LogP) is 10.7. The summed E-state index contributed by atoms with van der Waals surface area (Å²) >= 11 is 0. The number of nitrogens with zero attached hydrogens (tertiary/aromatic N) is 4. The molecule has 0 unspecified atom stereocenters. The standard InChI is InChI=1S/C42H26N4/c1-7-19-35-27(13-1)29-15-3-9-21-37(29)45-41-26-42-34(25-33(41)31-17-5-11-23-39(31)43(35)45)32-18-6-12-24-40(32)44-36-20-8-2-14-28(36)30-16-4-10-22-38(30)46(42)44/h1-26H. The summed E-state index contributed by atoms with van der Waals surface area (Å²) in [7, 11) is 0. The molecule has 0 saturated heterocycles. The third kappa shape index (κ3) is 2.94. The molecule has 0 bridgehead atoms. The van der Waals surface area contributed by atoms with Gasteiger partial charge in [-0.15, -0.1) is 0 Å². The van der Waals surface area contributed by atoms with Crippen molar-refractivity contribution in [1.29, 1.82) is 0 Å². The molecule has 0 radical (unpaired) electrons. The molecule has 0 fully saturated rings. The average molecular weight is 587 g/mol. The van der Waals surface area contributed by atoms with Crippen LogP contribution in [0.3, 0.4) is 0 Å².